The standard InChI is InChI=1S/C15H13BrF5IO2.C7H6O2/c16-11-6-4-10(5-7-11)13(23)24-8-2-1-3-12(22)9-14(17,18)15(19,20)21;8-7(9)6-4-2-1-3-5-6/h4-7,9H,1-3,8H2;1-5H,(H,8,9). The fraction of sp³-hybridized carbons (Fsp3) is 0.273. The predicted molar refractivity (Wildman–Crippen MR) is 125 cm³/mol. The Morgan fingerprint density at radius 2 is 1.52 bits per heavy atom. The van der Waals surface area contributed by atoms with Gasteiger partial charge >= 0.3 is 24.0 Å². The van der Waals surface area contributed by atoms with Gasteiger partial charge in [-0.25, -0.2) is 9.59 Å². The molecule has 0 aliphatic rings. The smallest absolute Gasteiger partial charge is 0.457 e. The lowest BCUT2D eigenvalue weighted by atomic mass is 10.2. The van der Waals surface area contributed by atoms with Crippen LogP contribution in [-0.4, -0.2) is 35.8 Å². The molecule has 0 saturated heterocycles. The molecule has 2 aromatic carbocycles. The molecule has 1 N–H and O–H groups in total. The van der Waals surface area contributed by atoms with Crippen LogP contribution in [0.5, 0.6) is 0 Å². The van der Waals surface area contributed by atoms with E-state index in [0.717, 1.165) is 4.47 Å². The number of unbranched alkanes of at least 4 members (excludes halogenated alkanes) is 1. The third-order valence-electron chi connectivity index (χ3n) is 3.86. The highest BCUT2D eigenvalue weighted by molar-refractivity contribution is 14.1. The van der Waals surface area contributed by atoms with Gasteiger partial charge < -0.3 is 9.84 Å². The number of aromatic carboxylic acids is 1. The van der Waals surface area contributed by atoms with Gasteiger partial charge in [0.15, 0.2) is 0 Å². The summed E-state index contributed by atoms with van der Waals surface area (Å²) in [4.78, 5) is 21.9. The minimum Gasteiger partial charge on any atom is -0.478 e. The number of carbonyl (C=O) groups is 2. The van der Waals surface area contributed by atoms with E-state index in [4.69, 9.17) is 9.84 Å². The first-order valence-corrected chi connectivity index (χ1v) is 11.2. The summed E-state index contributed by atoms with van der Waals surface area (Å²) >= 11 is 4.69. The van der Waals surface area contributed by atoms with Crippen LogP contribution in [-0.2, 0) is 4.74 Å². The quantitative estimate of drug-likeness (QED) is 0.138. The van der Waals surface area contributed by atoms with Gasteiger partial charge in [0, 0.05) is 10.5 Å². The number of hydrogen-bond acceptors (Lipinski definition) is 3. The Kier molecular flexibility index (Phi) is 12.0. The number of carbonyl (C=O) groups excluding carboxylic acids is 1. The van der Waals surface area contributed by atoms with E-state index < -0.39 is 24.0 Å². The van der Waals surface area contributed by atoms with Gasteiger partial charge in [-0.3, -0.25) is 0 Å². The molecule has 0 radical (unpaired) electrons. The van der Waals surface area contributed by atoms with Crippen molar-refractivity contribution in [2.24, 2.45) is 0 Å². The number of carboxylic acids is 1. The van der Waals surface area contributed by atoms with Gasteiger partial charge in [0.05, 0.1) is 17.7 Å². The van der Waals surface area contributed by atoms with E-state index in [-0.39, 0.29) is 22.7 Å². The molecule has 11 heteroatoms. The molecule has 0 heterocycles. The number of halogens is 7. The molecule has 2 aromatic rings. The second kappa shape index (κ2) is 13.6. The van der Waals surface area contributed by atoms with Crippen LogP contribution in [0, 0.1) is 0 Å². The second-order valence-corrected chi connectivity index (χ2v) is 8.78. The Morgan fingerprint density at radius 3 is 2.00 bits per heavy atom. The van der Waals surface area contributed by atoms with Crippen molar-refractivity contribution in [1.82, 2.24) is 0 Å². The lowest BCUT2D eigenvalue weighted by molar-refractivity contribution is -0.259. The van der Waals surface area contributed by atoms with Gasteiger partial charge in [0.2, 0.25) is 0 Å². The van der Waals surface area contributed by atoms with Crippen molar-refractivity contribution in [2.45, 2.75) is 31.4 Å². The number of benzene rings is 2. The number of alkyl halides is 5. The molecular formula is C22H19BrF5IO4. The Labute approximate surface area is 209 Å². The molecule has 0 bridgehead atoms. The minimum atomic E-state index is -5.59. The maximum atomic E-state index is 12.8. The van der Waals surface area contributed by atoms with Crippen LogP contribution in [0.4, 0.5) is 22.0 Å². The van der Waals surface area contributed by atoms with E-state index in [0.29, 0.717) is 24.0 Å². The zero-order chi connectivity index (χ0) is 25.1. The first kappa shape index (κ1) is 29.0. The molecule has 4 nitrogen and oxygen atoms in total. The fourth-order valence-electron chi connectivity index (χ4n) is 2.16. The summed E-state index contributed by atoms with van der Waals surface area (Å²) in [5, 5.41) is 8.38. The highest BCUT2D eigenvalue weighted by atomic mass is 127. The van der Waals surface area contributed by atoms with Gasteiger partial charge in [-0.15, -0.1) is 0 Å². The molecule has 0 saturated carbocycles. The summed E-state index contributed by atoms with van der Waals surface area (Å²) in [7, 11) is 0. The number of rotatable bonds is 8. The Morgan fingerprint density at radius 1 is 0.939 bits per heavy atom. The molecule has 0 atom stereocenters. The molecule has 0 fully saturated rings. The monoisotopic (exact) mass is 648 g/mol. The van der Waals surface area contributed by atoms with Gasteiger partial charge in [-0.2, -0.15) is 22.0 Å². The number of hydrogen-bond donors (Lipinski definition) is 1. The average Bonchev–Trinajstić information content (AvgIpc) is 2.73. The van der Waals surface area contributed by atoms with E-state index in [1.165, 1.54) is 22.6 Å². The average molecular weight is 649 g/mol. The molecule has 2 rings (SSSR count). The molecule has 0 aliphatic carbocycles. The first-order valence-electron chi connectivity index (χ1n) is 9.36. The lowest BCUT2D eigenvalue weighted by Crippen LogP contribution is -2.34. The Hall–Kier alpha value is -2.02. The highest BCUT2D eigenvalue weighted by Crippen LogP contribution is 2.38. The van der Waals surface area contributed by atoms with E-state index in [2.05, 4.69) is 15.9 Å². The van der Waals surface area contributed by atoms with Crippen molar-refractivity contribution >= 4 is 50.5 Å². The van der Waals surface area contributed by atoms with E-state index in [9.17, 15) is 31.5 Å². The zero-order valence-corrected chi connectivity index (χ0v) is 20.7. The number of allylic oxidation sites excluding steroid dienone is 2. The third-order valence-corrected chi connectivity index (χ3v) is 5.24. The highest BCUT2D eigenvalue weighted by Gasteiger charge is 2.55. The maximum Gasteiger partial charge on any atom is 0.457 e. The number of ether oxygens (including phenoxy) is 1. The molecule has 0 aliphatic heterocycles. The maximum absolute atomic E-state index is 12.8. The van der Waals surface area contributed by atoms with Gasteiger partial charge in [0.25, 0.3) is 0 Å². The summed E-state index contributed by atoms with van der Waals surface area (Å²) in [5.41, 5.74) is 0.704. The third kappa shape index (κ3) is 11.1. The topological polar surface area (TPSA) is 63.6 Å². The Balaban J connectivity index is 0.000000502. The molecule has 33 heavy (non-hydrogen) atoms. The van der Waals surface area contributed by atoms with Crippen LogP contribution in [0.2, 0.25) is 0 Å². The summed E-state index contributed by atoms with van der Waals surface area (Å²) < 4.78 is 67.5. The van der Waals surface area contributed by atoms with Crippen LogP contribution in [0.25, 0.3) is 0 Å². The van der Waals surface area contributed by atoms with Crippen molar-refractivity contribution in [3.63, 3.8) is 0 Å². The van der Waals surface area contributed by atoms with Crippen LogP contribution >= 0.6 is 38.5 Å². The summed E-state index contributed by atoms with van der Waals surface area (Å²) in [6, 6.07) is 14.8. The predicted octanol–water partition coefficient (Wildman–Crippen LogP) is 7.68. The summed E-state index contributed by atoms with van der Waals surface area (Å²) in [5.74, 6) is -6.23. The molecule has 0 amide bonds. The van der Waals surface area contributed by atoms with E-state index in [1.54, 1.807) is 54.6 Å². The molecule has 180 valence electrons. The normalized spacial score (nSPS) is 11.9. The second-order valence-electron chi connectivity index (χ2n) is 6.48. The fourth-order valence-corrected chi connectivity index (χ4v) is 3.20. The molecule has 0 unspecified atom stereocenters. The van der Waals surface area contributed by atoms with Crippen molar-refractivity contribution in [3.8, 4) is 0 Å². The number of esters is 1. The van der Waals surface area contributed by atoms with Crippen LogP contribution in [0.15, 0.2) is 68.7 Å². The van der Waals surface area contributed by atoms with E-state index >= 15 is 0 Å². The Bertz CT molecular complexity index is 932. The molecule has 0 aromatic heterocycles. The van der Waals surface area contributed by atoms with Gasteiger partial charge in [-0.05, 0) is 81.8 Å². The molecule has 0 spiro atoms. The lowest BCUT2D eigenvalue weighted by Gasteiger charge is -2.16. The van der Waals surface area contributed by atoms with Gasteiger partial charge in [0.1, 0.15) is 0 Å². The minimum absolute atomic E-state index is 0.0576. The van der Waals surface area contributed by atoms with Crippen molar-refractivity contribution in [1.29, 1.82) is 0 Å². The van der Waals surface area contributed by atoms with Crippen LogP contribution in [0.3, 0.4) is 0 Å². The molecular weight excluding hydrogens is 630 g/mol. The van der Waals surface area contributed by atoms with Crippen molar-refractivity contribution in [3.05, 3.63) is 79.9 Å². The van der Waals surface area contributed by atoms with Crippen molar-refractivity contribution < 1.29 is 41.4 Å². The SMILES string of the molecule is O=C(O)c1ccccc1.O=C(OCCCCC(I)=CC(F)(F)C(F)(F)F)c1ccc(Br)cc1. The largest absolute Gasteiger partial charge is 0.478 e. The summed E-state index contributed by atoms with van der Waals surface area (Å²) in [6.07, 6.45) is -4.93. The van der Waals surface area contributed by atoms with Gasteiger partial charge in [-0.1, -0.05) is 34.1 Å². The number of carboxylic acid groups (broad SMARTS) is 1. The van der Waals surface area contributed by atoms with Crippen molar-refractivity contribution in [2.75, 3.05) is 6.61 Å². The van der Waals surface area contributed by atoms with Crippen LogP contribution in [0.1, 0.15) is 40.0 Å². The van der Waals surface area contributed by atoms with Crippen LogP contribution < -0.4 is 0 Å². The zero-order valence-electron chi connectivity index (χ0n) is 16.9. The summed E-state index contributed by atoms with van der Waals surface area (Å²) in [6.45, 7) is 0.0640. The van der Waals surface area contributed by atoms with E-state index in [1.807, 2.05) is 0 Å². The first-order chi connectivity index (χ1) is 15.3.